The molecule has 0 aliphatic carbocycles. The molecule has 2 nitrogen and oxygen atoms in total. The molecule has 0 aliphatic heterocycles. The van der Waals surface area contributed by atoms with Gasteiger partial charge in [-0.1, -0.05) is 61.4 Å². The summed E-state index contributed by atoms with van der Waals surface area (Å²) in [4.78, 5) is 11.3. The van der Waals surface area contributed by atoms with E-state index in [1.54, 1.807) is 6.92 Å². The van der Waals surface area contributed by atoms with Crippen LogP contribution in [0.4, 0.5) is 0 Å². The third-order valence-electron chi connectivity index (χ3n) is 3.95. The Labute approximate surface area is 132 Å². The molecule has 0 saturated heterocycles. The Hall–Kier alpha value is -1.93. The van der Waals surface area contributed by atoms with E-state index < -0.39 is 0 Å². The van der Waals surface area contributed by atoms with E-state index in [4.69, 9.17) is 5.11 Å². The smallest absolute Gasteiger partial charge is 0.159 e. The molecule has 2 rings (SSSR count). The molecule has 1 N–H and O–H groups in total. The van der Waals surface area contributed by atoms with E-state index in [0.29, 0.717) is 6.61 Å². The molecule has 0 aliphatic rings. The quantitative estimate of drug-likeness (QED) is 0.568. The number of aliphatic hydroxyl groups excluding tert-OH is 1. The summed E-state index contributed by atoms with van der Waals surface area (Å²) in [5.74, 6) is 0.100. The van der Waals surface area contributed by atoms with Gasteiger partial charge in [0, 0.05) is 12.2 Å². The Morgan fingerprint density at radius 2 is 1.36 bits per heavy atom. The number of ketones is 1. The van der Waals surface area contributed by atoms with E-state index in [9.17, 15) is 4.79 Å². The van der Waals surface area contributed by atoms with Crippen molar-refractivity contribution in [3.05, 3.63) is 59.7 Å². The molecule has 2 aromatic rings. The van der Waals surface area contributed by atoms with Crippen molar-refractivity contribution in [3.8, 4) is 11.1 Å². The van der Waals surface area contributed by atoms with Gasteiger partial charge in [-0.15, -0.1) is 0 Å². The van der Waals surface area contributed by atoms with Crippen molar-refractivity contribution in [2.24, 2.45) is 0 Å². The van der Waals surface area contributed by atoms with Gasteiger partial charge < -0.3 is 5.11 Å². The number of hydrogen-bond donors (Lipinski definition) is 1. The lowest BCUT2D eigenvalue weighted by Gasteiger charge is -2.05. The van der Waals surface area contributed by atoms with Crippen LogP contribution in [0.3, 0.4) is 0 Å². The van der Waals surface area contributed by atoms with E-state index in [1.807, 2.05) is 24.3 Å². The second-order valence-electron chi connectivity index (χ2n) is 5.72. The highest BCUT2D eigenvalue weighted by Gasteiger charge is 2.01. The number of Topliss-reactive ketones (excluding diaryl/α,β-unsaturated/α-hetero) is 1. The summed E-state index contributed by atoms with van der Waals surface area (Å²) < 4.78 is 0. The van der Waals surface area contributed by atoms with E-state index in [0.717, 1.165) is 30.4 Å². The van der Waals surface area contributed by atoms with E-state index >= 15 is 0 Å². The largest absolute Gasteiger partial charge is 0.396 e. The Balaban J connectivity index is 1.92. The zero-order valence-electron chi connectivity index (χ0n) is 13.2. The van der Waals surface area contributed by atoms with Crippen molar-refractivity contribution in [2.45, 2.75) is 39.0 Å². The lowest BCUT2D eigenvalue weighted by atomic mass is 10.00. The SMILES string of the molecule is CC(=O)c1ccc(-c2ccc(CCCCCCO)cc2)cc1. The standard InChI is InChI=1S/C20H24O2/c1-16(22)18-11-13-20(14-12-18)19-9-7-17(8-10-19)6-4-2-3-5-15-21/h7-14,21H,2-6,15H2,1H3. The lowest BCUT2D eigenvalue weighted by Crippen LogP contribution is -1.91. The molecule has 0 aromatic heterocycles. The molecular formula is C20H24O2. The maximum atomic E-state index is 11.3. The molecule has 0 spiro atoms. The van der Waals surface area contributed by atoms with Gasteiger partial charge >= 0.3 is 0 Å². The molecule has 0 radical (unpaired) electrons. The number of benzene rings is 2. The van der Waals surface area contributed by atoms with Gasteiger partial charge in [0.1, 0.15) is 0 Å². The minimum Gasteiger partial charge on any atom is -0.396 e. The lowest BCUT2D eigenvalue weighted by molar-refractivity contribution is 0.101. The first-order valence-corrected chi connectivity index (χ1v) is 8.02. The topological polar surface area (TPSA) is 37.3 Å². The summed E-state index contributed by atoms with van der Waals surface area (Å²) in [5, 5.41) is 8.75. The maximum Gasteiger partial charge on any atom is 0.159 e. The van der Waals surface area contributed by atoms with Crippen LogP contribution in [0.1, 0.15) is 48.5 Å². The number of aryl methyl sites for hydroxylation is 1. The fraction of sp³-hybridized carbons (Fsp3) is 0.350. The number of hydrogen-bond acceptors (Lipinski definition) is 2. The molecule has 116 valence electrons. The van der Waals surface area contributed by atoms with Gasteiger partial charge in [0.15, 0.2) is 5.78 Å². The summed E-state index contributed by atoms with van der Waals surface area (Å²) in [6.07, 6.45) is 5.46. The monoisotopic (exact) mass is 296 g/mol. The van der Waals surface area contributed by atoms with Gasteiger partial charge in [-0.3, -0.25) is 4.79 Å². The molecule has 22 heavy (non-hydrogen) atoms. The number of aliphatic hydroxyl groups is 1. The van der Waals surface area contributed by atoms with E-state index in [-0.39, 0.29) is 5.78 Å². The van der Waals surface area contributed by atoms with Gasteiger partial charge in [-0.05, 0) is 42.9 Å². The molecule has 0 atom stereocenters. The molecule has 0 saturated carbocycles. The Bertz CT molecular complexity index is 582. The summed E-state index contributed by atoms with van der Waals surface area (Å²) in [5.41, 5.74) is 4.43. The van der Waals surface area contributed by atoms with Crippen molar-refractivity contribution < 1.29 is 9.90 Å². The predicted octanol–water partition coefficient (Wildman–Crippen LogP) is 4.65. The first-order valence-electron chi connectivity index (χ1n) is 8.02. The zero-order chi connectivity index (χ0) is 15.8. The van der Waals surface area contributed by atoms with Gasteiger partial charge in [0.05, 0.1) is 0 Å². The van der Waals surface area contributed by atoms with Crippen molar-refractivity contribution in [1.82, 2.24) is 0 Å². The second kappa shape index (κ2) is 8.50. The minimum absolute atomic E-state index is 0.100. The van der Waals surface area contributed by atoms with Crippen LogP contribution in [-0.2, 0) is 6.42 Å². The van der Waals surface area contributed by atoms with Crippen LogP contribution in [0.2, 0.25) is 0 Å². The second-order valence-corrected chi connectivity index (χ2v) is 5.72. The highest BCUT2D eigenvalue weighted by Crippen LogP contribution is 2.21. The summed E-state index contributed by atoms with van der Waals surface area (Å²) >= 11 is 0. The zero-order valence-corrected chi connectivity index (χ0v) is 13.2. The first kappa shape index (κ1) is 16.4. The highest BCUT2D eigenvalue weighted by molar-refractivity contribution is 5.94. The van der Waals surface area contributed by atoms with Crippen molar-refractivity contribution in [3.63, 3.8) is 0 Å². The molecule has 2 heteroatoms. The molecule has 0 unspecified atom stereocenters. The summed E-state index contributed by atoms with van der Waals surface area (Å²) in [6.45, 7) is 1.89. The molecule has 0 heterocycles. The third-order valence-corrected chi connectivity index (χ3v) is 3.95. The maximum absolute atomic E-state index is 11.3. The molecule has 0 bridgehead atoms. The molecule has 0 amide bonds. The van der Waals surface area contributed by atoms with Gasteiger partial charge in [-0.2, -0.15) is 0 Å². The Kier molecular flexibility index (Phi) is 6.35. The third kappa shape index (κ3) is 4.81. The minimum atomic E-state index is 0.100. The molecule has 0 fully saturated rings. The summed E-state index contributed by atoms with van der Waals surface area (Å²) in [7, 11) is 0. The molecular weight excluding hydrogens is 272 g/mol. The van der Waals surface area contributed by atoms with E-state index in [2.05, 4.69) is 24.3 Å². The highest BCUT2D eigenvalue weighted by atomic mass is 16.2. The Morgan fingerprint density at radius 3 is 1.91 bits per heavy atom. The van der Waals surface area contributed by atoms with Crippen LogP contribution in [0.25, 0.3) is 11.1 Å². The average molecular weight is 296 g/mol. The summed E-state index contributed by atoms with van der Waals surface area (Å²) in [6, 6.07) is 16.4. The Morgan fingerprint density at radius 1 is 0.818 bits per heavy atom. The number of rotatable bonds is 8. The first-order chi connectivity index (χ1) is 10.7. The number of carbonyl (C=O) groups is 1. The van der Waals surface area contributed by atoms with Crippen molar-refractivity contribution in [2.75, 3.05) is 6.61 Å². The normalized spacial score (nSPS) is 10.6. The van der Waals surface area contributed by atoms with Crippen LogP contribution < -0.4 is 0 Å². The van der Waals surface area contributed by atoms with Crippen LogP contribution in [0.15, 0.2) is 48.5 Å². The van der Waals surface area contributed by atoms with Crippen molar-refractivity contribution >= 4 is 5.78 Å². The molecule has 2 aromatic carbocycles. The fourth-order valence-corrected chi connectivity index (χ4v) is 2.56. The van der Waals surface area contributed by atoms with Gasteiger partial charge in [0.2, 0.25) is 0 Å². The van der Waals surface area contributed by atoms with Crippen LogP contribution >= 0.6 is 0 Å². The van der Waals surface area contributed by atoms with Crippen LogP contribution in [0.5, 0.6) is 0 Å². The number of unbranched alkanes of at least 4 members (excludes halogenated alkanes) is 3. The number of carbonyl (C=O) groups excluding carboxylic acids is 1. The van der Waals surface area contributed by atoms with Crippen molar-refractivity contribution in [1.29, 1.82) is 0 Å². The van der Waals surface area contributed by atoms with Gasteiger partial charge in [-0.25, -0.2) is 0 Å². The van der Waals surface area contributed by atoms with E-state index in [1.165, 1.54) is 24.0 Å². The van der Waals surface area contributed by atoms with Crippen LogP contribution in [-0.4, -0.2) is 17.5 Å². The fourth-order valence-electron chi connectivity index (χ4n) is 2.56. The van der Waals surface area contributed by atoms with Gasteiger partial charge in [0.25, 0.3) is 0 Å². The average Bonchev–Trinajstić information content (AvgIpc) is 2.55. The van der Waals surface area contributed by atoms with Crippen LogP contribution in [0, 0.1) is 0 Å². The predicted molar refractivity (Wildman–Crippen MR) is 91.1 cm³/mol.